The van der Waals surface area contributed by atoms with Crippen molar-refractivity contribution in [1.29, 1.82) is 0 Å². The van der Waals surface area contributed by atoms with Crippen molar-refractivity contribution in [2.75, 3.05) is 16.8 Å². The zero-order chi connectivity index (χ0) is 27.5. The molecule has 1 amide bonds. The van der Waals surface area contributed by atoms with E-state index in [9.17, 15) is 18.7 Å². The van der Waals surface area contributed by atoms with Crippen molar-refractivity contribution in [1.82, 2.24) is 9.97 Å². The quantitative estimate of drug-likeness (QED) is 0.428. The first-order valence-electron chi connectivity index (χ1n) is 12.4. The highest BCUT2D eigenvalue weighted by molar-refractivity contribution is 6.10. The van der Waals surface area contributed by atoms with Gasteiger partial charge in [-0.2, -0.15) is 8.78 Å². The lowest BCUT2D eigenvalue weighted by Gasteiger charge is -2.30. The molecule has 0 bridgehead atoms. The summed E-state index contributed by atoms with van der Waals surface area (Å²) in [5.74, 6) is -3.73. The highest BCUT2D eigenvalue weighted by atomic mass is 19.3. The Bertz CT molecular complexity index is 1380. The summed E-state index contributed by atoms with van der Waals surface area (Å²) < 4.78 is 44.3. The summed E-state index contributed by atoms with van der Waals surface area (Å²) in [6.45, 7) is 11.6. The molecule has 4 rings (SSSR count). The van der Waals surface area contributed by atoms with Crippen molar-refractivity contribution in [2.24, 2.45) is 0 Å². The van der Waals surface area contributed by atoms with Crippen LogP contribution in [0.4, 0.5) is 24.7 Å². The number of nitrogens with zero attached hydrogens (tertiary/aromatic N) is 3. The molecule has 0 aliphatic carbocycles. The number of amides is 1. The number of aromatic nitrogens is 2. The number of halogens is 3. The molecule has 198 valence electrons. The Morgan fingerprint density at radius 1 is 1.16 bits per heavy atom. The van der Waals surface area contributed by atoms with Crippen LogP contribution in [-0.2, 0) is 22.6 Å². The molecule has 0 unspecified atom stereocenters. The van der Waals surface area contributed by atoms with E-state index >= 15 is 4.39 Å². The molecule has 1 aliphatic rings. The fourth-order valence-corrected chi connectivity index (χ4v) is 4.81. The molecule has 1 aliphatic heterocycles. The number of hydrogen-bond donors (Lipinski definition) is 2. The zero-order valence-corrected chi connectivity index (χ0v) is 22.2. The largest absolute Gasteiger partial charge is 0.384 e. The molecule has 0 atom stereocenters. The van der Waals surface area contributed by atoms with E-state index in [1.165, 1.54) is 12.1 Å². The summed E-state index contributed by atoms with van der Waals surface area (Å²) in [7, 11) is 0. The normalized spacial score (nSPS) is 15.6. The lowest BCUT2D eigenvalue weighted by atomic mass is 9.85. The first-order chi connectivity index (χ1) is 17.1. The predicted molar refractivity (Wildman–Crippen MR) is 139 cm³/mol. The van der Waals surface area contributed by atoms with E-state index in [-0.39, 0.29) is 30.5 Å². The van der Waals surface area contributed by atoms with E-state index in [2.05, 4.69) is 15.3 Å². The number of nitrogens with one attached hydrogen (secondary N) is 1. The van der Waals surface area contributed by atoms with Crippen molar-refractivity contribution < 1.29 is 23.1 Å². The number of carbonyl (C=O) groups excluding carboxylic acids is 1. The van der Waals surface area contributed by atoms with E-state index in [1.807, 2.05) is 39.8 Å². The molecule has 0 radical (unpaired) electrons. The van der Waals surface area contributed by atoms with Gasteiger partial charge in [-0.05, 0) is 84.2 Å². The predicted octanol–water partition coefficient (Wildman–Crippen LogP) is 5.63. The Morgan fingerprint density at radius 2 is 1.84 bits per heavy atom. The van der Waals surface area contributed by atoms with Gasteiger partial charge in [-0.15, -0.1) is 0 Å². The fraction of sp³-hybridized carbons (Fsp3) is 0.464. The van der Waals surface area contributed by atoms with Gasteiger partial charge in [0.2, 0.25) is 5.91 Å². The van der Waals surface area contributed by atoms with Crippen molar-refractivity contribution in [3.63, 3.8) is 0 Å². The highest BCUT2D eigenvalue weighted by Gasteiger charge is 2.49. The van der Waals surface area contributed by atoms with Crippen LogP contribution in [0.25, 0.3) is 10.9 Å². The van der Waals surface area contributed by atoms with E-state index < -0.39 is 28.3 Å². The first-order valence-corrected chi connectivity index (χ1v) is 12.4. The minimum atomic E-state index is -3.76. The zero-order valence-electron chi connectivity index (χ0n) is 22.2. The van der Waals surface area contributed by atoms with Crippen LogP contribution in [0.1, 0.15) is 64.1 Å². The van der Waals surface area contributed by atoms with Gasteiger partial charge < -0.3 is 15.3 Å². The van der Waals surface area contributed by atoms with Gasteiger partial charge in [0.15, 0.2) is 0 Å². The number of fused-ring (bicyclic) bond motifs is 2. The number of aliphatic hydroxyl groups is 1. The van der Waals surface area contributed by atoms with Gasteiger partial charge in [0, 0.05) is 23.7 Å². The molecule has 0 spiro atoms. The monoisotopic (exact) mass is 514 g/mol. The maximum Gasteiger partial charge on any atom is 0.303 e. The number of rotatable bonds is 7. The van der Waals surface area contributed by atoms with Gasteiger partial charge in [-0.25, -0.2) is 14.4 Å². The number of alkyl halides is 2. The van der Waals surface area contributed by atoms with Gasteiger partial charge in [-0.1, -0.05) is 12.1 Å². The maximum absolute atomic E-state index is 15.0. The Kier molecular flexibility index (Phi) is 6.51. The molecule has 37 heavy (non-hydrogen) atoms. The number of anilines is 2. The minimum absolute atomic E-state index is 0.0187. The van der Waals surface area contributed by atoms with Crippen molar-refractivity contribution in [3.8, 4) is 0 Å². The van der Waals surface area contributed by atoms with Gasteiger partial charge in [-0.3, -0.25) is 4.79 Å². The molecule has 3 aromatic rings. The fourth-order valence-electron chi connectivity index (χ4n) is 4.81. The number of benzene rings is 2. The first kappa shape index (κ1) is 26.9. The van der Waals surface area contributed by atoms with Gasteiger partial charge in [0.05, 0.1) is 16.5 Å². The Balaban J connectivity index is 1.66. The van der Waals surface area contributed by atoms with E-state index in [0.717, 1.165) is 31.2 Å². The summed E-state index contributed by atoms with van der Waals surface area (Å²) in [4.78, 5) is 24.0. The lowest BCUT2D eigenvalue weighted by molar-refractivity contribution is -0.170. The van der Waals surface area contributed by atoms with Crippen molar-refractivity contribution >= 4 is 28.3 Å². The molecule has 0 saturated heterocycles. The molecule has 9 heteroatoms. The Hall–Kier alpha value is -3.20. The van der Waals surface area contributed by atoms with Crippen LogP contribution in [-0.4, -0.2) is 39.2 Å². The van der Waals surface area contributed by atoms with Crippen molar-refractivity contribution in [3.05, 3.63) is 58.7 Å². The third kappa shape index (κ3) is 4.43. The van der Waals surface area contributed by atoms with E-state index in [0.29, 0.717) is 22.5 Å². The van der Waals surface area contributed by atoms with Gasteiger partial charge in [0.1, 0.15) is 23.1 Å². The molecular weight excluding hydrogens is 481 g/mol. The summed E-state index contributed by atoms with van der Waals surface area (Å²) in [6.07, 6.45) is 0.112. The second-order valence-corrected chi connectivity index (χ2v) is 11.0. The number of aryl methyl sites for hydroxylation is 1. The number of carbonyl (C=O) groups is 1. The van der Waals surface area contributed by atoms with E-state index in [4.69, 9.17) is 0 Å². The second-order valence-electron chi connectivity index (χ2n) is 11.0. The molecule has 1 aromatic heterocycles. The summed E-state index contributed by atoms with van der Waals surface area (Å²) in [6, 6.07) is 7.60. The molecule has 2 N–H and O–H groups in total. The van der Waals surface area contributed by atoms with Crippen LogP contribution in [0.15, 0.2) is 30.3 Å². The lowest BCUT2D eigenvalue weighted by Crippen LogP contribution is -2.41. The summed E-state index contributed by atoms with van der Waals surface area (Å²) in [5.41, 5.74) is -1.45. The van der Waals surface area contributed by atoms with Gasteiger partial charge >= 0.3 is 5.92 Å². The van der Waals surface area contributed by atoms with Crippen LogP contribution in [0.2, 0.25) is 0 Å². The Morgan fingerprint density at radius 3 is 2.46 bits per heavy atom. The standard InChI is InChI=1S/C28H33F3N4O2/c1-15(2)35-22-13-18-21(14-20(22)26(4,5)25(35)36)33-16(3)34-24(18)32-12-11-17-9-8-10-19(23(17)29)28(30,31)27(6,7)37/h8-10,13-15,37H,11-12H2,1-7H3,(H,32,33,34). The smallest absolute Gasteiger partial charge is 0.303 e. The topological polar surface area (TPSA) is 78.4 Å². The maximum atomic E-state index is 15.0. The molecule has 2 aromatic carbocycles. The molecule has 0 saturated carbocycles. The van der Waals surface area contributed by atoms with Crippen LogP contribution in [0.3, 0.4) is 0 Å². The average molecular weight is 515 g/mol. The molecule has 0 fully saturated rings. The molecule has 2 heterocycles. The van der Waals surface area contributed by atoms with Crippen LogP contribution >= 0.6 is 0 Å². The van der Waals surface area contributed by atoms with Gasteiger partial charge in [0.25, 0.3) is 0 Å². The SMILES string of the molecule is Cc1nc(NCCc2cccc(C(F)(F)C(C)(C)O)c2F)c2cc3c(cc2n1)C(C)(C)C(=O)N3C(C)C. The van der Waals surface area contributed by atoms with Crippen LogP contribution in [0.5, 0.6) is 0 Å². The number of hydrogen-bond acceptors (Lipinski definition) is 5. The van der Waals surface area contributed by atoms with E-state index in [1.54, 1.807) is 11.8 Å². The molecule has 6 nitrogen and oxygen atoms in total. The van der Waals surface area contributed by atoms with Crippen LogP contribution in [0, 0.1) is 12.7 Å². The third-order valence-electron chi connectivity index (χ3n) is 7.00. The van der Waals surface area contributed by atoms with Crippen molar-refractivity contribution in [2.45, 2.75) is 77.9 Å². The minimum Gasteiger partial charge on any atom is -0.384 e. The second kappa shape index (κ2) is 8.97. The summed E-state index contributed by atoms with van der Waals surface area (Å²) >= 11 is 0. The Labute approximate surface area is 214 Å². The third-order valence-corrected chi connectivity index (χ3v) is 7.00. The highest BCUT2D eigenvalue weighted by Crippen LogP contribution is 2.45. The molecular formula is C28H33F3N4O2. The summed E-state index contributed by atoms with van der Waals surface area (Å²) in [5, 5.41) is 13.8. The van der Waals surface area contributed by atoms with Crippen LogP contribution < -0.4 is 10.2 Å². The average Bonchev–Trinajstić information content (AvgIpc) is 2.97.